The van der Waals surface area contributed by atoms with E-state index in [1.807, 2.05) is 24.3 Å². The lowest BCUT2D eigenvalue weighted by Crippen LogP contribution is -2.15. The van der Waals surface area contributed by atoms with E-state index in [0.29, 0.717) is 5.92 Å². The van der Waals surface area contributed by atoms with Gasteiger partial charge in [-0.05, 0) is 43.2 Å². The highest BCUT2D eigenvalue weighted by molar-refractivity contribution is 5.75. The lowest BCUT2D eigenvalue weighted by atomic mass is 9.94. The lowest BCUT2D eigenvalue weighted by Gasteiger charge is -2.15. The zero-order valence-electron chi connectivity index (χ0n) is 10.7. The van der Waals surface area contributed by atoms with Crippen molar-refractivity contribution < 1.29 is 15.0 Å². The molecule has 0 bridgehead atoms. The van der Waals surface area contributed by atoms with Crippen LogP contribution in [0.2, 0.25) is 0 Å². The number of aliphatic hydroxyl groups is 1. The monoisotopic (exact) mass is 248 g/mol. The average molecular weight is 248 g/mol. The van der Waals surface area contributed by atoms with Gasteiger partial charge in [-0.25, -0.2) is 0 Å². The van der Waals surface area contributed by atoms with Gasteiger partial charge in [-0.1, -0.05) is 30.7 Å². The van der Waals surface area contributed by atoms with Gasteiger partial charge in [-0.3, -0.25) is 4.79 Å². The van der Waals surface area contributed by atoms with Gasteiger partial charge in [0.25, 0.3) is 0 Å². The molecule has 1 aromatic carbocycles. The molecule has 3 nitrogen and oxygen atoms in total. The number of hydrogen-bond acceptors (Lipinski definition) is 2. The fourth-order valence-electron chi connectivity index (χ4n) is 2.64. The van der Waals surface area contributed by atoms with Crippen molar-refractivity contribution in [1.82, 2.24) is 0 Å². The van der Waals surface area contributed by atoms with Crippen molar-refractivity contribution in [3.05, 3.63) is 35.4 Å². The maximum Gasteiger partial charge on any atom is 0.310 e. The Labute approximate surface area is 107 Å². The fourth-order valence-corrected chi connectivity index (χ4v) is 2.64. The van der Waals surface area contributed by atoms with Crippen LogP contribution in [-0.2, 0) is 11.2 Å². The van der Waals surface area contributed by atoms with Crippen molar-refractivity contribution in [3.8, 4) is 0 Å². The SMILES string of the molecule is CC(C(=O)O)c1ccc(C[C@H]2CCC[C@@H]2O)cc1. The number of rotatable bonds is 4. The van der Waals surface area contributed by atoms with Crippen LogP contribution in [0.5, 0.6) is 0 Å². The maximum atomic E-state index is 10.9. The zero-order chi connectivity index (χ0) is 13.1. The third-order valence-corrected chi connectivity index (χ3v) is 3.97. The highest BCUT2D eigenvalue weighted by Gasteiger charge is 2.25. The van der Waals surface area contributed by atoms with Crippen molar-refractivity contribution >= 4 is 5.97 Å². The van der Waals surface area contributed by atoms with Crippen molar-refractivity contribution in [1.29, 1.82) is 0 Å². The summed E-state index contributed by atoms with van der Waals surface area (Å²) in [4.78, 5) is 10.9. The largest absolute Gasteiger partial charge is 0.481 e. The van der Waals surface area contributed by atoms with E-state index in [2.05, 4.69) is 0 Å². The molecule has 2 N–H and O–H groups in total. The zero-order valence-corrected chi connectivity index (χ0v) is 10.7. The second-order valence-corrected chi connectivity index (χ2v) is 5.26. The van der Waals surface area contributed by atoms with Crippen molar-refractivity contribution in [2.75, 3.05) is 0 Å². The van der Waals surface area contributed by atoms with Gasteiger partial charge < -0.3 is 10.2 Å². The number of carboxylic acid groups (broad SMARTS) is 1. The van der Waals surface area contributed by atoms with Crippen LogP contribution in [0.25, 0.3) is 0 Å². The molecular weight excluding hydrogens is 228 g/mol. The summed E-state index contributed by atoms with van der Waals surface area (Å²) in [5.74, 6) is -0.891. The fraction of sp³-hybridized carbons (Fsp3) is 0.533. The first-order chi connectivity index (χ1) is 8.58. The van der Waals surface area contributed by atoms with Gasteiger partial charge in [0, 0.05) is 0 Å². The summed E-state index contributed by atoms with van der Waals surface area (Å²) in [7, 11) is 0. The van der Waals surface area contributed by atoms with Gasteiger partial charge in [0.15, 0.2) is 0 Å². The average Bonchev–Trinajstić information content (AvgIpc) is 2.75. The predicted octanol–water partition coefficient (Wildman–Crippen LogP) is 2.58. The number of hydrogen-bond donors (Lipinski definition) is 2. The van der Waals surface area contributed by atoms with E-state index in [9.17, 15) is 9.90 Å². The van der Waals surface area contributed by atoms with E-state index in [4.69, 9.17) is 5.11 Å². The Hall–Kier alpha value is -1.35. The third kappa shape index (κ3) is 2.91. The molecule has 1 unspecified atom stereocenters. The quantitative estimate of drug-likeness (QED) is 0.861. The first-order valence-electron chi connectivity index (χ1n) is 6.57. The number of carboxylic acids is 1. The van der Waals surface area contributed by atoms with Crippen LogP contribution >= 0.6 is 0 Å². The lowest BCUT2D eigenvalue weighted by molar-refractivity contribution is -0.138. The molecule has 0 heterocycles. The molecule has 1 saturated carbocycles. The summed E-state index contributed by atoms with van der Waals surface area (Å²) in [5.41, 5.74) is 2.01. The number of benzene rings is 1. The molecule has 3 atom stereocenters. The second kappa shape index (κ2) is 5.53. The number of aliphatic carboxylic acids is 1. The molecule has 1 aromatic rings. The van der Waals surface area contributed by atoms with E-state index in [1.54, 1.807) is 6.92 Å². The summed E-state index contributed by atoms with van der Waals surface area (Å²) < 4.78 is 0. The minimum Gasteiger partial charge on any atom is -0.481 e. The van der Waals surface area contributed by atoms with Crippen LogP contribution in [0.3, 0.4) is 0 Å². The predicted molar refractivity (Wildman–Crippen MR) is 69.5 cm³/mol. The normalized spacial score (nSPS) is 25.0. The Morgan fingerprint density at radius 1 is 1.33 bits per heavy atom. The molecule has 1 aliphatic carbocycles. The van der Waals surface area contributed by atoms with Gasteiger partial charge in [0.05, 0.1) is 12.0 Å². The Balaban J connectivity index is 2.01. The molecule has 2 rings (SSSR count). The molecule has 1 fully saturated rings. The maximum absolute atomic E-state index is 10.9. The molecule has 0 aromatic heterocycles. The Morgan fingerprint density at radius 2 is 2.00 bits per heavy atom. The standard InChI is InChI=1S/C15H20O3/c1-10(15(17)18)12-7-5-11(6-8-12)9-13-3-2-4-14(13)16/h5-8,10,13-14,16H,2-4,9H2,1H3,(H,17,18)/t10?,13-,14+/m1/s1. The smallest absolute Gasteiger partial charge is 0.310 e. The highest BCUT2D eigenvalue weighted by Crippen LogP contribution is 2.29. The molecule has 0 radical (unpaired) electrons. The molecule has 0 aliphatic heterocycles. The van der Waals surface area contributed by atoms with E-state index in [1.165, 1.54) is 5.56 Å². The van der Waals surface area contributed by atoms with Gasteiger partial charge >= 0.3 is 5.97 Å². The summed E-state index contributed by atoms with van der Waals surface area (Å²) in [5, 5.41) is 18.7. The Kier molecular flexibility index (Phi) is 4.02. The number of carbonyl (C=O) groups is 1. The van der Waals surface area contributed by atoms with Crippen LogP contribution in [0.15, 0.2) is 24.3 Å². The third-order valence-electron chi connectivity index (χ3n) is 3.97. The molecule has 0 saturated heterocycles. The van der Waals surface area contributed by atoms with E-state index >= 15 is 0 Å². The molecule has 0 spiro atoms. The van der Waals surface area contributed by atoms with Crippen LogP contribution in [0.4, 0.5) is 0 Å². The highest BCUT2D eigenvalue weighted by atomic mass is 16.4. The summed E-state index contributed by atoms with van der Waals surface area (Å²) in [6.45, 7) is 1.69. The molecule has 0 amide bonds. The summed E-state index contributed by atoms with van der Waals surface area (Å²) in [6.07, 6.45) is 3.85. The first kappa shape index (κ1) is 13.1. The number of aliphatic hydroxyl groups excluding tert-OH is 1. The van der Waals surface area contributed by atoms with Crippen LogP contribution in [-0.4, -0.2) is 22.3 Å². The van der Waals surface area contributed by atoms with Crippen molar-refractivity contribution in [2.24, 2.45) is 5.92 Å². The van der Waals surface area contributed by atoms with Crippen LogP contribution in [0, 0.1) is 5.92 Å². The van der Waals surface area contributed by atoms with E-state index in [0.717, 1.165) is 31.2 Å². The first-order valence-corrected chi connectivity index (χ1v) is 6.57. The minimum absolute atomic E-state index is 0.164. The van der Waals surface area contributed by atoms with Crippen LogP contribution in [0.1, 0.15) is 43.2 Å². The van der Waals surface area contributed by atoms with Gasteiger partial charge in [0.1, 0.15) is 0 Å². The second-order valence-electron chi connectivity index (χ2n) is 5.26. The molecule has 3 heteroatoms. The summed E-state index contributed by atoms with van der Waals surface area (Å²) in [6, 6.07) is 7.74. The van der Waals surface area contributed by atoms with Crippen molar-refractivity contribution in [3.63, 3.8) is 0 Å². The van der Waals surface area contributed by atoms with Gasteiger partial charge in [0.2, 0.25) is 0 Å². The summed E-state index contributed by atoms with van der Waals surface area (Å²) >= 11 is 0. The van der Waals surface area contributed by atoms with E-state index < -0.39 is 11.9 Å². The topological polar surface area (TPSA) is 57.5 Å². The van der Waals surface area contributed by atoms with Gasteiger partial charge in [-0.2, -0.15) is 0 Å². The molecule has 18 heavy (non-hydrogen) atoms. The van der Waals surface area contributed by atoms with Crippen LogP contribution < -0.4 is 0 Å². The Bertz CT molecular complexity index is 410. The van der Waals surface area contributed by atoms with Gasteiger partial charge in [-0.15, -0.1) is 0 Å². The minimum atomic E-state index is -0.797. The Morgan fingerprint density at radius 3 is 2.50 bits per heavy atom. The molecular formula is C15H20O3. The molecule has 98 valence electrons. The van der Waals surface area contributed by atoms with E-state index in [-0.39, 0.29) is 6.10 Å². The molecule has 1 aliphatic rings. The van der Waals surface area contributed by atoms with Crippen molar-refractivity contribution in [2.45, 2.75) is 44.6 Å².